The second-order valence-corrected chi connectivity index (χ2v) is 8.96. The van der Waals surface area contributed by atoms with Gasteiger partial charge in [-0.25, -0.2) is 8.42 Å². The summed E-state index contributed by atoms with van der Waals surface area (Å²) in [5.41, 5.74) is 1.42. The van der Waals surface area contributed by atoms with Gasteiger partial charge in [-0.1, -0.05) is 63.2 Å². The molecule has 1 atom stereocenters. The molecule has 0 fully saturated rings. The van der Waals surface area contributed by atoms with Crippen molar-refractivity contribution in [1.82, 2.24) is 0 Å². The third-order valence-corrected chi connectivity index (χ3v) is 6.02. The summed E-state index contributed by atoms with van der Waals surface area (Å²) < 4.78 is 25.4. The van der Waals surface area contributed by atoms with Crippen LogP contribution in [-0.4, -0.2) is 19.5 Å². The summed E-state index contributed by atoms with van der Waals surface area (Å²) >= 11 is 0. The van der Waals surface area contributed by atoms with E-state index in [4.69, 9.17) is 0 Å². The van der Waals surface area contributed by atoms with Crippen molar-refractivity contribution < 1.29 is 13.2 Å². The van der Waals surface area contributed by atoms with Crippen molar-refractivity contribution in [2.24, 2.45) is 0 Å². The Kier molecular flexibility index (Phi) is 4.76. The standard InChI is InChI=1S/C19H22O3S/c1-14(18(20)15-8-6-5-7-9-15)23(21,22)17-12-10-16(11-13-17)19(2,3)4/h5-14H,1-4H3. The fraction of sp³-hybridized carbons (Fsp3) is 0.316. The van der Waals surface area contributed by atoms with Gasteiger partial charge >= 0.3 is 0 Å². The molecule has 2 aromatic rings. The monoisotopic (exact) mass is 330 g/mol. The molecule has 2 rings (SSSR count). The van der Waals surface area contributed by atoms with Crippen LogP contribution in [0.1, 0.15) is 43.6 Å². The highest BCUT2D eigenvalue weighted by Crippen LogP contribution is 2.25. The predicted octanol–water partition coefficient (Wildman–Crippen LogP) is 4.03. The zero-order valence-electron chi connectivity index (χ0n) is 13.9. The summed E-state index contributed by atoms with van der Waals surface area (Å²) in [6, 6.07) is 15.3. The lowest BCUT2D eigenvalue weighted by Crippen LogP contribution is -2.27. The van der Waals surface area contributed by atoms with E-state index in [0.29, 0.717) is 5.56 Å². The van der Waals surface area contributed by atoms with E-state index in [9.17, 15) is 13.2 Å². The van der Waals surface area contributed by atoms with E-state index in [1.165, 1.54) is 6.92 Å². The molecule has 0 saturated heterocycles. The number of benzene rings is 2. The summed E-state index contributed by atoms with van der Waals surface area (Å²) in [5, 5.41) is -1.11. The maximum Gasteiger partial charge on any atom is 0.188 e. The topological polar surface area (TPSA) is 51.2 Å². The number of hydrogen-bond donors (Lipinski definition) is 0. The second kappa shape index (κ2) is 6.28. The van der Waals surface area contributed by atoms with Crippen LogP contribution in [0, 0.1) is 0 Å². The minimum absolute atomic E-state index is 0.0479. The number of Topliss-reactive ketones (excluding diaryl/α,β-unsaturated/α-hetero) is 1. The Balaban J connectivity index is 2.33. The highest BCUT2D eigenvalue weighted by molar-refractivity contribution is 7.92. The third kappa shape index (κ3) is 3.70. The number of rotatable bonds is 4. The van der Waals surface area contributed by atoms with Crippen molar-refractivity contribution in [3.63, 3.8) is 0 Å². The fourth-order valence-electron chi connectivity index (χ4n) is 2.33. The molecule has 0 bridgehead atoms. The van der Waals surface area contributed by atoms with Crippen LogP contribution >= 0.6 is 0 Å². The highest BCUT2D eigenvalue weighted by atomic mass is 32.2. The van der Waals surface area contributed by atoms with Crippen LogP contribution < -0.4 is 0 Å². The molecule has 0 spiro atoms. The van der Waals surface area contributed by atoms with Gasteiger partial charge in [0.25, 0.3) is 0 Å². The first-order valence-electron chi connectivity index (χ1n) is 7.58. The Morgan fingerprint density at radius 1 is 0.913 bits per heavy atom. The molecule has 0 saturated carbocycles. The quantitative estimate of drug-likeness (QED) is 0.795. The van der Waals surface area contributed by atoms with Gasteiger partial charge in [0.1, 0.15) is 5.25 Å². The van der Waals surface area contributed by atoms with E-state index in [1.807, 2.05) is 12.1 Å². The van der Waals surface area contributed by atoms with E-state index in [0.717, 1.165) is 5.56 Å². The number of ketones is 1. The molecule has 1 unspecified atom stereocenters. The predicted molar refractivity (Wildman–Crippen MR) is 92.6 cm³/mol. The maximum atomic E-state index is 12.7. The van der Waals surface area contributed by atoms with Crippen LogP contribution in [-0.2, 0) is 15.3 Å². The van der Waals surface area contributed by atoms with Crippen molar-refractivity contribution in [2.45, 2.75) is 43.3 Å². The minimum atomic E-state index is -3.70. The van der Waals surface area contributed by atoms with E-state index in [1.54, 1.807) is 42.5 Å². The first kappa shape index (κ1) is 17.4. The molecule has 0 heterocycles. The average Bonchev–Trinajstić information content (AvgIpc) is 2.53. The van der Waals surface area contributed by atoms with E-state index in [2.05, 4.69) is 20.8 Å². The van der Waals surface area contributed by atoms with Crippen LogP contribution in [0.15, 0.2) is 59.5 Å². The molecule has 0 aromatic heterocycles. The van der Waals surface area contributed by atoms with E-state index in [-0.39, 0.29) is 16.1 Å². The van der Waals surface area contributed by atoms with Gasteiger partial charge in [0.2, 0.25) is 0 Å². The summed E-state index contributed by atoms with van der Waals surface area (Å²) in [6.07, 6.45) is 0. The zero-order chi connectivity index (χ0) is 17.3. The lowest BCUT2D eigenvalue weighted by Gasteiger charge is -2.19. The molecule has 0 amide bonds. The Morgan fingerprint density at radius 3 is 1.91 bits per heavy atom. The number of carbonyl (C=O) groups excluding carboxylic acids is 1. The summed E-state index contributed by atoms with van der Waals surface area (Å²) in [5.74, 6) is -0.384. The van der Waals surface area contributed by atoms with Gasteiger partial charge in [-0.3, -0.25) is 4.79 Å². The molecule has 4 heteroatoms. The van der Waals surface area contributed by atoms with Crippen LogP contribution in [0.3, 0.4) is 0 Å². The Hall–Kier alpha value is -1.94. The second-order valence-electron chi connectivity index (χ2n) is 6.69. The smallest absolute Gasteiger partial charge is 0.188 e. The van der Waals surface area contributed by atoms with Gasteiger partial charge in [0.05, 0.1) is 4.90 Å². The van der Waals surface area contributed by atoms with Gasteiger partial charge in [0, 0.05) is 5.56 Å². The first-order chi connectivity index (χ1) is 10.6. The molecule has 0 aliphatic carbocycles. The van der Waals surface area contributed by atoms with Crippen molar-refractivity contribution in [3.05, 3.63) is 65.7 Å². The van der Waals surface area contributed by atoms with Crippen molar-refractivity contribution >= 4 is 15.6 Å². The van der Waals surface area contributed by atoms with Gasteiger partial charge in [-0.2, -0.15) is 0 Å². The van der Waals surface area contributed by atoms with E-state index < -0.39 is 15.1 Å². The Bertz CT molecular complexity index is 783. The van der Waals surface area contributed by atoms with Crippen molar-refractivity contribution in [3.8, 4) is 0 Å². The molecular formula is C19H22O3S. The molecular weight excluding hydrogens is 308 g/mol. The first-order valence-corrected chi connectivity index (χ1v) is 9.12. The maximum absolute atomic E-state index is 12.7. The highest BCUT2D eigenvalue weighted by Gasteiger charge is 2.30. The van der Waals surface area contributed by atoms with Crippen LogP contribution in [0.25, 0.3) is 0 Å². The minimum Gasteiger partial charge on any atom is -0.293 e. The normalized spacial score (nSPS) is 13.6. The largest absolute Gasteiger partial charge is 0.293 e. The molecule has 0 N–H and O–H groups in total. The number of hydrogen-bond acceptors (Lipinski definition) is 3. The number of carbonyl (C=O) groups is 1. The van der Waals surface area contributed by atoms with E-state index >= 15 is 0 Å². The van der Waals surface area contributed by atoms with Gasteiger partial charge < -0.3 is 0 Å². The van der Waals surface area contributed by atoms with Crippen LogP contribution in [0.2, 0.25) is 0 Å². The zero-order valence-corrected chi connectivity index (χ0v) is 14.7. The molecule has 23 heavy (non-hydrogen) atoms. The fourth-order valence-corrected chi connectivity index (χ4v) is 3.67. The third-order valence-electron chi connectivity index (χ3n) is 3.94. The summed E-state index contributed by atoms with van der Waals surface area (Å²) in [6.45, 7) is 7.65. The molecule has 0 radical (unpaired) electrons. The molecule has 122 valence electrons. The lowest BCUT2D eigenvalue weighted by atomic mass is 9.87. The van der Waals surface area contributed by atoms with Crippen molar-refractivity contribution in [2.75, 3.05) is 0 Å². The molecule has 2 aromatic carbocycles. The molecule has 3 nitrogen and oxygen atoms in total. The van der Waals surface area contributed by atoms with Crippen LogP contribution in [0.5, 0.6) is 0 Å². The molecule has 0 aliphatic heterocycles. The Labute approximate surface area is 138 Å². The van der Waals surface area contributed by atoms with Gasteiger partial charge in [0.15, 0.2) is 15.6 Å². The Morgan fingerprint density at radius 2 is 1.43 bits per heavy atom. The molecule has 0 aliphatic rings. The lowest BCUT2D eigenvalue weighted by molar-refractivity contribution is 0.0991. The van der Waals surface area contributed by atoms with Gasteiger partial charge in [-0.05, 0) is 30.0 Å². The summed E-state index contributed by atoms with van der Waals surface area (Å²) in [4.78, 5) is 12.6. The van der Waals surface area contributed by atoms with Crippen LogP contribution in [0.4, 0.5) is 0 Å². The van der Waals surface area contributed by atoms with Crippen molar-refractivity contribution in [1.29, 1.82) is 0 Å². The number of sulfone groups is 1. The SMILES string of the molecule is CC(C(=O)c1ccccc1)S(=O)(=O)c1ccc(C(C)(C)C)cc1. The summed E-state index contributed by atoms with van der Waals surface area (Å²) in [7, 11) is -3.70. The average molecular weight is 330 g/mol. The van der Waals surface area contributed by atoms with Gasteiger partial charge in [-0.15, -0.1) is 0 Å².